The average Bonchev–Trinajstić information content (AvgIpc) is 3.13. The lowest BCUT2D eigenvalue weighted by atomic mass is 10.1. The van der Waals surface area contributed by atoms with Crippen LogP contribution in [0.5, 0.6) is 11.5 Å². The van der Waals surface area contributed by atoms with Crippen molar-refractivity contribution in [2.75, 3.05) is 20.3 Å². The molecule has 0 saturated heterocycles. The number of hydrogen-bond acceptors (Lipinski definition) is 5. The van der Waals surface area contributed by atoms with Crippen LogP contribution in [-0.2, 0) is 6.18 Å². The van der Waals surface area contributed by atoms with Crippen LogP contribution >= 0.6 is 0 Å². The largest absolute Gasteiger partial charge is 0.497 e. The Balaban J connectivity index is 2.03. The van der Waals surface area contributed by atoms with Gasteiger partial charge in [0.05, 0.1) is 7.11 Å². The van der Waals surface area contributed by atoms with Crippen LogP contribution in [0.3, 0.4) is 0 Å². The molecule has 0 aliphatic heterocycles. The first-order valence-electron chi connectivity index (χ1n) is 8.08. The molecular formula is C19H17F3N2O3. The minimum atomic E-state index is -4.69. The molecule has 0 aliphatic carbocycles. The van der Waals surface area contributed by atoms with E-state index in [1.165, 1.54) is 7.11 Å². The van der Waals surface area contributed by atoms with E-state index in [2.05, 4.69) is 4.98 Å². The second-order valence-corrected chi connectivity index (χ2v) is 5.58. The van der Waals surface area contributed by atoms with E-state index in [1.807, 2.05) is 0 Å². The minimum Gasteiger partial charge on any atom is -0.497 e. The summed E-state index contributed by atoms with van der Waals surface area (Å²) in [5, 5.41) is 0. The number of ether oxygens (including phenoxy) is 2. The monoisotopic (exact) mass is 378 g/mol. The zero-order valence-electron chi connectivity index (χ0n) is 14.4. The lowest BCUT2D eigenvalue weighted by molar-refractivity contribution is -0.156. The second-order valence-electron chi connectivity index (χ2n) is 5.58. The molecule has 1 heterocycles. The predicted molar refractivity (Wildman–Crippen MR) is 93.5 cm³/mol. The summed E-state index contributed by atoms with van der Waals surface area (Å²) in [6.07, 6.45) is -4.69. The zero-order chi connectivity index (χ0) is 19.4. The minimum absolute atomic E-state index is 0.0258. The molecule has 3 aromatic rings. The maximum atomic E-state index is 13.1. The van der Waals surface area contributed by atoms with Crippen LogP contribution in [0.4, 0.5) is 13.2 Å². The molecule has 0 saturated carbocycles. The summed E-state index contributed by atoms with van der Waals surface area (Å²) in [6.45, 7) is 0.706. The van der Waals surface area contributed by atoms with Crippen LogP contribution in [-0.4, -0.2) is 25.2 Å². The Kier molecular flexibility index (Phi) is 5.36. The van der Waals surface area contributed by atoms with Gasteiger partial charge in [0.15, 0.2) is 5.76 Å². The van der Waals surface area contributed by atoms with Crippen LogP contribution in [0.1, 0.15) is 5.89 Å². The van der Waals surface area contributed by atoms with Gasteiger partial charge < -0.3 is 19.6 Å². The molecule has 27 heavy (non-hydrogen) atoms. The molecule has 3 rings (SSSR count). The zero-order valence-corrected chi connectivity index (χ0v) is 14.4. The highest BCUT2D eigenvalue weighted by molar-refractivity contribution is 5.77. The first-order valence-corrected chi connectivity index (χ1v) is 8.08. The Morgan fingerprint density at radius 1 is 0.963 bits per heavy atom. The third kappa shape index (κ3) is 4.22. The van der Waals surface area contributed by atoms with Crippen LogP contribution in [0.15, 0.2) is 52.9 Å². The van der Waals surface area contributed by atoms with Crippen molar-refractivity contribution in [2.45, 2.75) is 6.18 Å². The highest BCUT2D eigenvalue weighted by atomic mass is 19.4. The normalized spacial score (nSPS) is 11.4. The highest BCUT2D eigenvalue weighted by Gasteiger charge is 2.39. The first-order chi connectivity index (χ1) is 12.9. The molecule has 2 N–H and O–H groups in total. The third-order valence-electron chi connectivity index (χ3n) is 3.74. The van der Waals surface area contributed by atoms with Crippen LogP contribution in [0.2, 0.25) is 0 Å². The van der Waals surface area contributed by atoms with Crippen molar-refractivity contribution in [3.05, 3.63) is 54.4 Å². The number of aromatic nitrogens is 1. The molecule has 0 unspecified atom stereocenters. The molecule has 5 nitrogen and oxygen atoms in total. The lowest BCUT2D eigenvalue weighted by Crippen LogP contribution is -2.10. The van der Waals surface area contributed by atoms with Gasteiger partial charge >= 0.3 is 12.1 Å². The van der Waals surface area contributed by atoms with Gasteiger partial charge in [-0.15, -0.1) is 0 Å². The Morgan fingerprint density at radius 3 is 2.11 bits per heavy atom. The number of benzene rings is 2. The van der Waals surface area contributed by atoms with Gasteiger partial charge in [-0.25, -0.2) is 4.98 Å². The van der Waals surface area contributed by atoms with E-state index >= 15 is 0 Å². The van der Waals surface area contributed by atoms with Crippen molar-refractivity contribution >= 4 is 0 Å². The quantitative estimate of drug-likeness (QED) is 0.690. The number of rotatable bonds is 6. The van der Waals surface area contributed by atoms with Crippen molar-refractivity contribution in [2.24, 2.45) is 5.73 Å². The van der Waals surface area contributed by atoms with Crippen molar-refractivity contribution in [3.63, 3.8) is 0 Å². The number of halogens is 3. The first kappa shape index (κ1) is 18.8. The molecule has 142 valence electrons. The molecule has 0 aliphatic rings. The maximum Gasteiger partial charge on any atom is 0.468 e. The van der Waals surface area contributed by atoms with E-state index in [0.29, 0.717) is 35.8 Å². The highest BCUT2D eigenvalue weighted by Crippen LogP contribution is 2.39. The molecule has 0 spiro atoms. The van der Waals surface area contributed by atoms with Crippen molar-refractivity contribution in [3.8, 4) is 34.1 Å². The molecule has 0 radical (unpaired) electrons. The Labute approximate surface area is 153 Å². The molecule has 0 fully saturated rings. The van der Waals surface area contributed by atoms with E-state index in [9.17, 15) is 13.2 Å². The number of alkyl halides is 3. The summed E-state index contributed by atoms with van der Waals surface area (Å²) in [6, 6.07) is 13.0. The van der Waals surface area contributed by atoms with Gasteiger partial charge in [0, 0.05) is 17.7 Å². The molecule has 2 aromatic carbocycles. The van der Waals surface area contributed by atoms with Gasteiger partial charge in [-0.3, -0.25) is 0 Å². The van der Waals surface area contributed by atoms with Gasteiger partial charge in [0.25, 0.3) is 0 Å². The second kappa shape index (κ2) is 7.71. The molecule has 8 heteroatoms. The number of hydrogen-bond donors (Lipinski definition) is 1. The third-order valence-corrected chi connectivity index (χ3v) is 3.74. The van der Waals surface area contributed by atoms with Gasteiger partial charge in [0.2, 0.25) is 0 Å². The molecular weight excluding hydrogens is 361 g/mol. The summed E-state index contributed by atoms with van der Waals surface area (Å²) < 4.78 is 54.9. The summed E-state index contributed by atoms with van der Waals surface area (Å²) in [4.78, 5) is 3.68. The maximum absolute atomic E-state index is 13.1. The number of nitrogens with zero attached hydrogens (tertiary/aromatic N) is 1. The van der Waals surface area contributed by atoms with Crippen LogP contribution in [0, 0.1) is 0 Å². The van der Waals surface area contributed by atoms with Gasteiger partial charge in [-0.1, -0.05) is 0 Å². The van der Waals surface area contributed by atoms with E-state index in [4.69, 9.17) is 19.6 Å². The fourth-order valence-electron chi connectivity index (χ4n) is 2.46. The Bertz CT molecular complexity index is 888. The fraction of sp³-hybridized carbons (Fsp3) is 0.211. The van der Waals surface area contributed by atoms with E-state index in [0.717, 1.165) is 0 Å². The van der Waals surface area contributed by atoms with E-state index in [-0.39, 0.29) is 11.5 Å². The number of methoxy groups -OCH3 is 1. The predicted octanol–water partition coefficient (Wildman–Crippen LogP) is 4.37. The summed E-state index contributed by atoms with van der Waals surface area (Å²) in [5.74, 6) is -0.128. The summed E-state index contributed by atoms with van der Waals surface area (Å²) >= 11 is 0. The number of nitrogens with two attached hydrogens (primary N) is 1. The van der Waals surface area contributed by atoms with E-state index in [1.54, 1.807) is 48.5 Å². The molecule has 0 atom stereocenters. The van der Waals surface area contributed by atoms with Gasteiger partial charge in [-0.2, -0.15) is 13.2 Å². The lowest BCUT2D eigenvalue weighted by Gasteiger charge is -2.06. The van der Waals surface area contributed by atoms with Crippen LogP contribution in [0.25, 0.3) is 22.6 Å². The van der Waals surface area contributed by atoms with Crippen molar-refractivity contribution in [1.82, 2.24) is 4.98 Å². The fourth-order valence-corrected chi connectivity index (χ4v) is 2.46. The summed E-state index contributed by atoms with van der Waals surface area (Å²) in [7, 11) is 1.51. The molecule has 0 amide bonds. The smallest absolute Gasteiger partial charge is 0.468 e. The van der Waals surface area contributed by atoms with Crippen LogP contribution < -0.4 is 15.2 Å². The Morgan fingerprint density at radius 2 is 1.56 bits per heavy atom. The van der Waals surface area contributed by atoms with Gasteiger partial charge in [-0.05, 0) is 48.5 Å². The molecule has 0 bridgehead atoms. The summed E-state index contributed by atoms with van der Waals surface area (Å²) in [5.41, 5.74) is 6.41. The standard InChI is InChI=1S/C19H17F3N2O3/c1-25-14-6-2-12(3-7-14)16-17(27-18(24-16)19(20,21)22)13-4-8-15(9-5-13)26-11-10-23/h2-9H,10-11,23H2,1H3. The van der Waals surface area contributed by atoms with Crippen molar-refractivity contribution in [1.29, 1.82) is 0 Å². The SMILES string of the molecule is COc1ccc(-c2nc(C(F)(F)F)oc2-c2ccc(OCCN)cc2)cc1. The Hall–Kier alpha value is -3.00. The number of oxazole rings is 1. The van der Waals surface area contributed by atoms with E-state index < -0.39 is 12.1 Å². The topological polar surface area (TPSA) is 70.5 Å². The van der Waals surface area contributed by atoms with Gasteiger partial charge in [0.1, 0.15) is 23.8 Å². The van der Waals surface area contributed by atoms with Crippen molar-refractivity contribution < 1.29 is 27.1 Å². The average molecular weight is 378 g/mol. The molecule has 1 aromatic heterocycles.